The van der Waals surface area contributed by atoms with E-state index in [1.165, 1.54) is 19.4 Å². The number of anilines is 1. The molecule has 5 nitrogen and oxygen atoms in total. The van der Waals surface area contributed by atoms with E-state index < -0.39 is 0 Å². The second kappa shape index (κ2) is 4.72. The zero-order valence-electron chi connectivity index (χ0n) is 10.8. The smallest absolute Gasteiger partial charge is 0.290 e. The highest BCUT2D eigenvalue weighted by molar-refractivity contribution is 5.36. The second-order valence-electron chi connectivity index (χ2n) is 5.43. The first-order valence-corrected chi connectivity index (χ1v) is 6.74. The van der Waals surface area contributed by atoms with Crippen molar-refractivity contribution in [3.63, 3.8) is 0 Å². The first kappa shape index (κ1) is 11.7. The maximum absolute atomic E-state index is 11.8. The van der Waals surface area contributed by atoms with Crippen molar-refractivity contribution in [2.75, 3.05) is 31.6 Å². The summed E-state index contributed by atoms with van der Waals surface area (Å²) in [5, 5.41) is 0. The number of likely N-dealkylation sites (tertiary alicyclic amines) is 1. The Morgan fingerprint density at radius 1 is 1.39 bits per heavy atom. The van der Waals surface area contributed by atoms with Gasteiger partial charge in [-0.3, -0.25) is 4.79 Å². The Morgan fingerprint density at radius 2 is 2.28 bits per heavy atom. The first-order chi connectivity index (χ1) is 8.75. The standard InChI is InChI=1S/C13H20N4O/c1-16-7-2-3-10-9-17(8-4-11(10)16)12-13(18)15-6-5-14-12/h5-6,10-11H,2-4,7-9H2,1H3,(H,15,18). The first-order valence-electron chi connectivity index (χ1n) is 6.74. The van der Waals surface area contributed by atoms with Crippen LogP contribution in [0.4, 0.5) is 5.82 Å². The quantitative estimate of drug-likeness (QED) is 0.794. The molecule has 1 aromatic rings. The summed E-state index contributed by atoms with van der Waals surface area (Å²) in [6, 6.07) is 0.692. The number of hydrogen-bond donors (Lipinski definition) is 1. The van der Waals surface area contributed by atoms with Crippen LogP contribution >= 0.6 is 0 Å². The van der Waals surface area contributed by atoms with Gasteiger partial charge in [0.2, 0.25) is 0 Å². The fraction of sp³-hybridized carbons (Fsp3) is 0.692. The van der Waals surface area contributed by atoms with Gasteiger partial charge in [-0.25, -0.2) is 4.98 Å². The molecule has 5 heteroatoms. The summed E-state index contributed by atoms with van der Waals surface area (Å²) in [5.41, 5.74) is -0.0693. The maximum Gasteiger partial charge on any atom is 0.290 e. The normalized spacial score (nSPS) is 29.1. The predicted molar refractivity (Wildman–Crippen MR) is 70.8 cm³/mol. The average molecular weight is 248 g/mol. The molecular formula is C13H20N4O. The van der Waals surface area contributed by atoms with Crippen molar-refractivity contribution in [1.29, 1.82) is 0 Å². The van der Waals surface area contributed by atoms with Crippen molar-refractivity contribution in [2.45, 2.75) is 25.3 Å². The molecule has 2 atom stereocenters. The molecule has 0 aliphatic carbocycles. The lowest BCUT2D eigenvalue weighted by atomic mass is 9.84. The van der Waals surface area contributed by atoms with Crippen LogP contribution in [-0.2, 0) is 0 Å². The van der Waals surface area contributed by atoms with Gasteiger partial charge in [0.05, 0.1) is 0 Å². The number of hydrogen-bond acceptors (Lipinski definition) is 4. The van der Waals surface area contributed by atoms with Crippen molar-refractivity contribution in [3.05, 3.63) is 22.7 Å². The zero-order chi connectivity index (χ0) is 12.5. The van der Waals surface area contributed by atoms with Crippen molar-refractivity contribution < 1.29 is 0 Å². The topological polar surface area (TPSA) is 52.2 Å². The monoisotopic (exact) mass is 248 g/mol. The fourth-order valence-corrected chi connectivity index (χ4v) is 3.41. The van der Waals surface area contributed by atoms with Gasteiger partial charge in [-0.15, -0.1) is 0 Å². The Hall–Kier alpha value is -1.36. The Labute approximate surface area is 107 Å². The third-order valence-electron chi connectivity index (χ3n) is 4.33. The summed E-state index contributed by atoms with van der Waals surface area (Å²) in [4.78, 5) is 23.3. The molecule has 18 heavy (non-hydrogen) atoms. The third-order valence-corrected chi connectivity index (χ3v) is 4.33. The highest BCUT2D eigenvalue weighted by Gasteiger charge is 2.35. The Bertz CT molecular complexity index is 472. The molecule has 3 heterocycles. The Kier molecular flexibility index (Phi) is 3.07. The molecular weight excluding hydrogens is 228 g/mol. The van der Waals surface area contributed by atoms with E-state index in [4.69, 9.17) is 0 Å². The number of piperidine rings is 2. The van der Waals surface area contributed by atoms with Gasteiger partial charge < -0.3 is 14.8 Å². The van der Waals surface area contributed by atoms with Gasteiger partial charge in [-0.05, 0) is 38.8 Å². The average Bonchev–Trinajstić information content (AvgIpc) is 2.39. The molecule has 2 saturated heterocycles. The van der Waals surface area contributed by atoms with E-state index in [1.54, 1.807) is 12.4 Å². The van der Waals surface area contributed by atoms with Gasteiger partial charge in [0.1, 0.15) is 0 Å². The molecule has 0 aromatic carbocycles. The summed E-state index contributed by atoms with van der Waals surface area (Å²) >= 11 is 0. The molecule has 0 amide bonds. The third kappa shape index (κ3) is 2.03. The number of H-pyrrole nitrogens is 1. The van der Waals surface area contributed by atoms with Gasteiger partial charge in [-0.1, -0.05) is 0 Å². The summed E-state index contributed by atoms with van der Waals surface area (Å²) in [7, 11) is 2.22. The molecule has 0 radical (unpaired) electrons. The molecule has 0 spiro atoms. The van der Waals surface area contributed by atoms with Gasteiger partial charge >= 0.3 is 0 Å². The number of nitrogens with one attached hydrogen (secondary N) is 1. The summed E-state index contributed by atoms with van der Waals surface area (Å²) < 4.78 is 0. The van der Waals surface area contributed by atoms with Crippen molar-refractivity contribution in [2.24, 2.45) is 5.92 Å². The van der Waals surface area contributed by atoms with E-state index in [9.17, 15) is 4.79 Å². The van der Waals surface area contributed by atoms with Crippen LogP contribution in [0.5, 0.6) is 0 Å². The van der Waals surface area contributed by atoms with E-state index in [2.05, 4.69) is 26.8 Å². The minimum absolute atomic E-state index is 0.0693. The molecule has 1 N–H and O–H groups in total. The van der Waals surface area contributed by atoms with Gasteiger partial charge in [0.25, 0.3) is 5.56 Å². The molecule has 2 unspecified atom stereocenters. The largest absolute Gasteiger partial charge is 0.352 e. The minimum Gasteiger partial charge on any atom is -0.352 e. The van der Waals surface area contributed by atoms with E-state index >= 15 is 0 Å². The number of rotatable bonds is 1. The molecule has 0 bridgehead atoms. The van der Waals surface area contributed by atoms with Crippen LogP contribution in [0.15, 0.2) is 17.2 Å². The highest BCUT2D eigenvalue weighted by Crippen LogP contribution is 2.30. The minimum atomic E-state index is -0.0693. The van der Waals surface area contributed by atoms with Crippen LogP contribution in [0.2, 0.25) is 0 Å². The molecule has 2 aliphatic heterocycles. The Balaban J connectivity index is 1.78. The number of nitrogens with zero attached hydrogens (tertiary/aromatic N) is 3. The molecule has 98 valence electrons. The van der Waals surface area contributed by atoms with Crippen molar-refractivity contribution in [3.8, 4) is 0 Å². The van der Waals surface area contributed by atoms with Crippen LogP contribution < -0.4 is 10.5 Å². The van der Waals surface area contributed by atoms with Gasteiger partial charge in [0.15, 0.2) is 5.82 Å². The fourth-order valence-electron chi connectivity index (χ4n) is 3.41. The lowest BCUT2D eigenvalue weighted by Gasteiger charge is -2.46. The van der Waals surface area contributed by atoms with E-state index in [-0.39, 0.29) is 5.56 Å². The van der Waals surface area contributed by atoms with Crippen LogP contribution in [0.3, 0.4) is 0 Å². The summed E-state index contributed by atoms with van der Waals surface area (Å²) in [6.07, 6.45) is 6.93. The lowest BCUT2D eigenvalue weighted by Crippen LogP contribution is -2.53. The van der Waals surface area contributed by atoms with Crippen LogP contribution in [-0.4, -0.2) is 47.6 Å². The predicted octanol–water partition coefficient (Wildman–Crippen LogP) is 0.690. The zero-order valence-corrected chi connectivity index (χ0v) is 10.8. The number of aromatic nitrogens is 2. The molecule has 2 fully saturated rings. The molecule has 1 aromatic heterocycles. The van der Waals surface area contributed by atoms with Crippen molar-refractivity contribution in [1.82, 2.24) is 14.9 Å². The SMILES string of the molecule is CN1CCCC2CN(c3ncc[nH]c3=O)CCC21. The number of fused-ring (bicyclic) bond motifs is 1. The highest BCUT2D eigenvalue weighted by atomic mass is 16.1. The summed E-state index contributed by atoms with van der Waals surface area (Å²) in [5.74, 6) is 1.27. The number of aromatic amines is 1. The second-order valence-corrected chi connectivity index (χ2v) is 5.43. The van der Waals surface area contributed by atoms with Gasteiger partial charge in [0, 0.05) is 31.5 Å². The van der Waals surface area contributed by atoms with Crippen LogP contribution in [0.25, 0.3) is 0 Å². The molecule has 2 aliphatic rings. The van der Waals surface area contributed by atoms with Crippen LogP contribution in [0, 0.1) is 5.92 Å². The van der Waals surface area contributed by atoms with Gasteiger partial charge in [-0.2, -0.15) is 0 Å². The van der Waals surface area contributed by atoms with Crippen molar-refractivity contribution >= 4 is 5.82 Å². The van der Waals surface area contributed by atoms with E-state index in [1.807, 2.05) is 0 Å². The van der Waals surface area contributed by atoms with Crippen LogP contribution in [0.1, 0.15) is 19.3 Å². The summed E-state index contributed by atoms with van der Waals surface area (Å²) in [6.45, 7) is 3.12. The van der Waals surface area contributed by atoms with E-state index in [0.717, 1.165) is 19.5 Å². The Morgan fingerprint density at radius 3 is 3.11 bits per heavy atom. The molecule has 0 saturated carbocycles. The molecule has 3 rings (SSSR count). The lowest BCUT2D eigenvalue weighted by molar-refractivity contribution is 0.102. The maximum atomic E-state index is 11.8. The van der Waals surface area contributed by atoms with E-state index in [0.29, 0.717) is 17.8 Å².